The number of rotatable bonds is 4. The molecule has 1 aliphatic carbocycles. The Morgan fingerprint density at radius 2 is 2.16 bits per heavy atom. The molecule has 1 aromatic rings. The highest BCUT2D eigenvalue weighted by molar-refractivity contribution is 5.83. The van der Waals surface area contributed by atoms with E-state index in [-0.39, 0.29) is 0 Å². The molecule has 0 saturated heterocycles. The van der Waals surface area contributed by atoms with E-state index in [0.717, 1.165) is 25.0 Å². The number of amides is 2. The maximum absolute atomic E-state index is 10.6. The molecular weight excluding hydrogens is 238 g/mol. The van der Waals surface area contributed by atoms with Gasteiger partial charge in [0.15, 0.2) is 0 Å². The Kier molecular flexibility index (Phi) is 4.55. The van der Waals surface area contributed by atoms with Crippen molar-refractivity contribution in [2.45, 2.75) is 39.0 Å². The predicted octanol–water partition coefficient (Wildman–Crippen LogP) is 2.62. The van der Waals surface area contributed by atoms with Crippen LogP contribution in [0.5, 0.6) is 0 Å². The summed E-state index contributed by atoms with van der Waals surface area (Å²) in [6.07, 6.45) is 5.61. The van der Waals surface area contributed by atoms with Gasteiger partial charge in [-0.2, -0.15) is 5.10 Å². The Morgan fingerprint density at radius 3 is 2.89 bits per heavy atom. The lowest BCUT2D eigenvalue weighted by Gasteiger charge is -2.24. The molecule has 0 heterocycles. The summed E-state index contributed by atoms with van der Waals surface area (Å²) in [4.78, 5) is 10.6. The zero-order chi connectivity index (χ0) is 13.7. The number of aryl methyl sites for hydroxylation is 1. The second-order valence-corrected chi connectivity index (χ2v) is 5.24. The van der Waals surface area contributed by atoms with Crippen molar-refractivity contribution in [1.82, 2.24) is 5.43 Å². The minimum atomic E-state index is -0.606. The SMILES string of the molecule is C/C(CCC1CCc2ccccc2C1)=N\NC(N)=O. The Morgan fingerprint density at radius 1 is 1.42 bits per heavy atom. The van der Waals surface area contributed by atoms with Crippen molar-refractivity contribution >= 4 is 11.7 Å². The van der Waals surface area contributed by atoms with Gasteiger partial charge in [-0.3, -0.25) is 0 Å². The molecule has 0 bridgehead atoms. The molecule has 3 N–H and O–H groups in total. The average molecular weight is 259 g/mol. The second kappa shape index (κ2) is 6.36. The topological polar surface area (TPSA) is 67.5 Å². The fourth-order valence-corrected chi connectivity index (χ4v) is 2.64. The van der Waals surface area contributed by atoms with Crippen molar-refractivity contribution in [3.63, 3.8) is 0 Å². The molecule has 102 valence electrons. The minimum Gasteiger partial charge on any atom is -0.350 e. The van der Waals surface area contributed by atoms with E-state index >= 15 is 0 Å². The molecule has 1 atom stereocenters. The van der Waals surface area contributed by atoms with Crippen LogP contribution in [0.4, 0.5) is 4.79 Å². The Labute approximate surface area is 114 Å². The van der Waals surface area contributed by atoms with Crippen molar-refractivity contribution in [2.24, 2.45) is 16.8 Å². The third-order valence-electron chi connectivity index (χ3n) is 3.72. The van der Waals surface area contributed by atoms with Crippen LogP contribution in [0.15, 0.2) is 29.4 Å². The van der Waals surface area contributed by atoms with Crippen molar-refractivity contribution in [3.05, 3.63) is 35.4 Å². The van der Waals surface area contributed by atoms with E-state index in [4.69, 9.17) is 5.73 Å². The van der Waals surface area contributed by atoms with Crippen LogP contribution in [-0.2, 0) is 12.8 Å². The van der Waals surface area contributed by atoms with Crippen LogP contribution in [0, 0.1) is 5.92 Å². The zero-order valence-corrected chi connectivity index (χ0v) is 11.4. The molecule has 0 fully saturated rings. The Balaban J connectivity index is 1.82. The van der Waals surface area contributed by atoms with Gasteiger partial charge in [0.25, 0.3) is 0 Å². The average Bonchev–Trinajstić information content (AvgIpc) is 2.42. The smallest absolute Gasteiger partial charge is 0.332 e. The third kappa shape index (κ3) is 4.09. The summed E-state index contributed by atoms with van der Waals surface area (Å²) in [7, 11) is 0. The van der Waals surface area contributed by atoms with Crippen LogP contribution in [0.2, 0.25) is 0 Å². The maximum atomic E-state index is 10.6. The number of urea groups is 1. The number of hydrogen-bond donors (Lipinski definition) is 2. The summed E-state index contributed by atoms with van der Waals surface area (Å²) in [6.45, 7) is 1.92. The van der Waals surface area contributed by atoms with E-state index in [0.29, 0.717) is 5.92 Å². The van der Waals surface area contributed by atoms with E-state index in [1.165, 1.54) is 24.0 Å². The van der Waals surface area contributed by atoms with Crippen LogP contribution < -0.4 is 11.2 Å². The first-order valence-electron chi connectivity index (χ1n) is 6.80. The lowest BCUT2D eigenvalue weighted by Crippen LogP contribution is -2.25. The van der Waals surface area contributed by atoms with Gasteiger partial charge in [0, 0.05) is 5.71 Å². The van der Waals surface area contributed by atoms with E-state index in [9.17, 15) is 4.79 Å². The van der Waals surface area contributed by atoms with E-state index in [1.807, 2.05) is 6.92 Å². The maximum Gasteiger partial charge on any atom is 0.332 e. The molecule has 0 radical (unpaired) electrons. The van der Waals surface area contributed by atoms with Gasteiger partial charge in [0.05, 0.1) is 0 Å². The lowest BCUT2D eigenvalue weighted by molar-refractivity contribution is 0.249. The molecule has 2 rings (SSSR count). The lowest BCUT2D eigenvalue weighted by atomic mass is 9.81. The number of benzene rings is 1. The van der Waals surface area contributed by atoms with Crippen molar-refractivity contribution in [3.8, 4) is 0 Å². The van der Waals surface area contributed by atoms with Crippen LogP contribution in [0.3, 0.4) is 0 Å². The third-order valence-corrected chi connectivity index (χ3v) is 3.72. The molecule has 19 heavy (non-hydrogen) atoms. The summed E-state index contributed by atoms with van der Waals surface area (Å²) < 4.78 is 0. The fourth-order valence-electron chi connectivity index (χ4n) is 2.64. The van der Waals surface area contributed by atoms with Gasteiger partial charge in [-0.15, -0.1) is 0 Å². The zero-order valence-electron chi connectivity index (χ0n) is 11.4. The largest absolute Gasteiger partial charge is 0.350 e. The quantitative estimate of drug-likeness (QED) is 0.633. The number of carbonyl (C=O) groups excluding carboxylic acids is 1. The number of hydrogen-bond acceptors (Lipinski definition) is 2. The van der Waals surface area contributed by atoms with Crippen LogP contribution in [0.25, 0.3) is 0 Å². The minimum absolute atomic E-state index is 0.606. The van der Waals surface area contributed by atoms with Crippen LogP contribution in [-0.4, -0.2) is 11.7 Å². The summed E-state index contributed by atoms with van der Waals surface area (Å²) in [5, 5.41) is 3.94. The molecule has 4 heteroatoms. The molecule has 2 amide bonds. The number of nitrogens with zero attached hydrogens (tertiary/aromatic N) is 1. The molecule has 0 spiro atoms. The van der Waals surface area contributed by atoms with Gasteiger partial charge >= 0.3 is 6.03 Å². The van der Waals surface area contributed by atoms with E-state index < -0.39 is 6.03 Å². The van der Waals surface area contributed by atoms with Gasteiger partial charge in [0.2, 0.25) is 0 Å². The van der Waals surface area contributed by atoms with E-state index in [1.54, 1.807) is 0 Å². The second-order valence-electron chi connectivity index (χ2n) is 5.24. The van der Waals surface area contributed by atoms with E-state index in [2.05, 4.69) is 34.8 Å². The van der Waals surface area contributed by atoms with Gasteiger partial charge in [-0.1, -0.05) is 24.3 Å². The monoisotopic (exact) mass is 259 g/mol. The van der Waals surface area contributed by atoms with Crippen molar-refractivity contribution in [1.29, 1.82) is 0 Å². The summed E-state index contributed by atoms with van der Waals surface area (Å²) in [6, 6.07) is 8.09. The number of nitrogens with two attached hydrogens (primary N) is 1. The van der Waals surface area contributed by atoms with Crippen molar-refractivity contribution < 1.29 is 4.79 Å². The highest BCUT2D eigenvalue weighted by atomic mass is 16.2. The molecular formula is C15H21N3O. The van der Waals surface area contributed by atoms with Gasteiger partial charge < -0.3 is 5.73 Å². The summed E-state index contributed by atoms with van der Waals surface area (Å²) >= 11 is 0. The molecule has 0 aliphatic heterocycles. The first-order valence-corrected chi connectivity index (χ1v) is 6.80. The van der Waals surface area contributed by atoms with Crippen LogP contribution >= 0.6 is 0 Å². The molecule has 0 aromatic heterocycles. The standard InChI is InChI=1S/C15H21N3O/c1-11(17-18-15(16)19)6-7-12-8-9-13-4-2-3-5-14(13)10-12/h2-5,12H,6-10H2,1H3,(H3,16,18,19)/b17-11+. The number of fused-ring (bicyclic) bond motifs is 1. The molecule has 4 nitrogen and oxygen atoms in total. The summed E-state index contributed by atoms with van der Waals surface area (Å²) in [5.74, 6) is 0.716. The predicted molar refractivity (Wildman–Crippen MR) is 77.0 cm³/mol. The van der Waals surface area contributed by atoms with Crippen molar-refractivity contribution in [2.75, 3.05) is 0 Å². The van der Waals surface area contributed by atoms with Gasteiger partial charge in [0.1, 0.15) is 0 Å². The highest BCUT2D eigenvalue weighted by Crippen LogP contribution is 2.28. The molecule has 0 saturated carbocycles. The highest BCUT2D eigenvalue weighted by Gasteiger charge is 2.17. The van der Waals surface area contributed by atoms with Gasteiger partial charge in [-0.05, 0) is 56.1 Å². The number of hydrazone groups is 1. The molecule has 1 unspecified atom stereocenters. The Bertz CT molecular complexity index is 482. The number of nitrogens with one attached hydrogen (secondary N) is 1. The first-order chi connectivity index (χ1) is 9.15. The fraction of sp³-hybridized carbons (Fsp3) is 0.467. The first kappa shape index (κ1) is 13.6. The van der Waals surface area contributed by atoms with Gasteiger partial charge in [-0.25, -0.2) is 10.2 Å². The molecule has 1 aliphatic rings. The van der Waals surface area contributed by atoms with Crippen LogP contribution in [0.1, 0.15) is 37.3 Å². The summed E-state index contributed by atoms with van der Waals surface area (Å²) in [5.41, 5.74) is 11.2. The normalized spacial score (nSPS) is 18.8. The number of carbonyl (C=O) groups is 1. The number of primary amides is 1. The Hall–Kier alpha value is -1.84. The molecule has 1 aromatic carbocycles.